The van der Waals surface area contributed by atoms with Gasteiger partial charge in [-0.25, -0.2) is 0 Å². The van der Waals surface area contributed by atoms with Crippen LogP contribution in [0.5, 0.6) is 0 Å². The van der Waals surface area contributed by atoms with Gasteiger partial charge in [0.2, 0.25) is 0 Å². The zero-order valence-electron chi connectivity index (χ0n) is 8.45. The van der Waals surface area contributed by atoms with Crippen LogP contribution in [0, 0.1) is 0 Å². The second-order valence-corrected chi connectivity index (χ2v) is 4.72. The largest absolute Gasteiger partial charge is 0.298 e. The number of Topliss-reactive ketones (excluding diaryl/α,β-unsaturated/α-hetero) is 1. The lowest BCUT2D eigenvalue weighted by molar-refractivity contribution is -0.120. The zero-order chi connectivity index (χ0) is 9.97. The number of hydrogen-bond acceptors (Lipinski definition) is 3. The number of hydrogen-bond donors (Lipinski definition) is 0. The van der Waals surface area contributed by atoms with Gasteiger partial charge in [-0.3, -0.25) is 9.69 Å². The van der Waals surface area contributed by atoms with Gasteiger partial charge in [-0.15, -0.1) is 11.3 Å². The molecule has 0 radical (unpaired) electrons. The van der Waals surface area contributed by atoms with E-state index in [-0.39, 0.29) is 0 Å². The van der Waals surface area contributed by atoms with Crippen molar-refractivity contribution in [1.29, 1.82) is 0 Å². The Morgan fingerprint density at radius 1 is 1.64 bits per heavy atom. The van der Waals surface area contributed by atoms with Crippen LogP contribution >= 0.6 is 11.3 Å². The average Bonchev–Trinajstić information content (AvgIpc) is 2.64. The quantitative estimate of drug-likeness (QED) is 0.759. The summed E-state index contributed by atoms with van der Waals surface area (Å²) in [6, 6.07) is 2.18. The zero-order valence-corrected chi connectivity index (χ0v) is 9.27. The minimum atomic E-state index is 0.351. The Morgan fingerprint density at radius 2 is 2.50 bits per heavy atom. The molecular formula is C11H15NOS. The first-order valence-electron chi connectivity index (χ1n) is 5.09. The number of fused-ring (bicyclic) bond motifs is 1. The number of rotatable bonds is 3. The fraction of sp³-hybridized carbons (Fsp3) is 0.545. The van der Waals surface area contributed by atoms with Gasteiger partial charge in [0.1, 0.15) is 5.78 Å². The predicted molar refractivity (Wildman–Crippen MR) is 58.6 cm³/mol. The summed E-state index contributed by atoms with van der Waals surface area (Å²) in [5.41, 5.74) is 1.42. The maximum atomic E-state index is 11.3. The highest BCUT2D eigenvalue weighted by atomic mass is 32.1. The van der Waals surface area contributed by atoms with Gasteiger partial charge in [0, 0.05) is 24.4 Å². The van der Waals surface area contributed by atoms with Gasteiger partial charge in [-0.2, -0.15) is 0 Å². The van der Waals surface area contributed by atoms with E-state index in [0.717, 1.165) is 19.5 Å². The van der Waals surface area contributed by atoms with E-state index >= 15 is 0 Å². The molecule has 0 fully saturated rings. The summed E-state index contributed by atoms with van der Waals surface area (Å²) in [6.07, 6.45) is 1.77. The van der Waals surface area contributed by atoms with E-state index in [1.807, 2.05) is 18.3 Å². The lowest BCUT2D eigenvalue weighted by Gasteiger charge is -2.25. The maximum Gasteiger partial charge on any atom is 0.146 e. The van der Waals surface area contributed by atoms with Crippen LogP contribution in [-0.4, -0.2) is 23.8 Å². The van der Waals surface area contributed by atoms with E-state index in [1.165, 1.54) is 10.4 Å². The Labute approximate surface area is 88.5 Å². The van der Waals surface area contributed by atoms with Gasteiger partial charge in [-0.1, -0.05) is 6.92 Å². The van der Waals surface area contributed by atoms with E-state index in [1.54, 1.807) is 0 Å². The van der Waals surface area contributed by atoms with Gasteiger partial charge in [0.25, 0.3) is 0 Å². The second kappa shape index (κ2) is 4.24. The Balaban J connectivity index is 1.97. The molecular weight excluding hydrogens is 194 g/mol. The molecule has 0 saturated carbocycles. The minimum absolute atomic E-state index is 0.351. The molecule has 0 aromatic carbocycles. The molecule has 0 atom stereocenters. The standard InChI is InChI=1S/C11H15NOS/c1-2-10(13)8-12-5-3-11-9(7-12)4-6-14-11/h4,6H,2-3,5,7-8H2,1H3. The van der Waals surface area contributed by atoms with Gasteiger partial charge in [0.15, 0.2) is 0 Å². The van der Waals surface area contributed by atoms with Crippen molar-refractivity contribution in [3.8, 4) is 0 Å². The molecule has 0 unspecified atom stereocenters. The molecule has 1 aromatic heterocycles. The third-order valence-electron chi connectivity index (χ3n) is 2.68. The second-order valence-electron chi connectivity index (χ2n) is 3.72. The van der Waals surface area contributed by atoms with E-state index < -0.39 is 0 Å². The van der Waals surface area contributed by atoms with Crippen LogP contribution in [-0.2, 0) is 17.8 Å². The molecule has 1 aliphatic heterocycles. The normalized spacial score (nSPS) is 16.6. The molecule has 1 aliphatic rings. The molecule has 0 N–H and O–H groups in total. The fourth-order valence-corrected chi connectivity index (χ4v) is 2.69. The first kappa shape index (κ1) is 9.87. The first-order valence-corrected chi connectivity index (χ1v) is 5.97. The average molecular weight is 209 g/mol. The monoisotopic (exact) mass is 209 g/mol. The first-order chi connectivity index (χ1) is 6.79. The number of carbonyl (C=O) groups is 1. The van der Waals surface area contributed by atoms with Crippen LogP contribution in [0.2, 0.25) is 0 Å². The summed E-state index contributed by atoms with van der Waals surface area (Å²) in [5, 5.41) is 2.15. The summed E-state index contributed by atoms with van der Waals surface area (Å²) in [6.45, 7) is 4.57. The van der Waals surface area contributed by atoms with Crippen molar-refractivity contribution < 1.29 is 4.79 Å². The van der Waals surface area contributed by atoms with Gasteiger partial charge >= 0.3 is 0 Å². The molecule has 1 aromatic rings. The third-order valence-corrected chi connectivity index (χ3v) is 3.70. The van der Waals surface area contributed by atoms with E-state index in [2.05, 4.69) is 16.3 Å². The molecule has 0 aliphatic carbocycles. The van der Waals surface area contributed by atoms with E-state index in [9.17, 15) is 4.79 Å². The molecule has 0 bridgehead atoms. The molecule has 0 amide bonds. The molecule has 14 heavy (non-hydrogen) atoms. The maximum absolute atomic E-state index is 11.3. The highest BCUT2D eigenvalue weighted by Gasteiger charge is 2.18. The number of ketones is 1. The topological polar surface area (TPSA) is 20.3 Å². The molecule has 2 rings (SSSR count). The minimum Gasteiger partial charge on any atom is -0.298 e. The third kappa shape index (κ3) is 2.04. The Hall–Kier alpha value is -0.670. The van der Waals surface area contributed by atoms with E-state index in [0.29, 0.717) is 18.7 Å². The number of carbonyl (C=O) groups excluding carboxylic acids is 1. The van der Waals surface area contributed by atoms with Crippen molar-refractivity contribution in [2.24, 2.45) is 0 Å². The van der Waals surface area contributed by atoms with Crippen LogP contribution in [0.15, 0.2) is 11.4 Å². The van der Waals surface area contributed by atoms with Crippen LogP contribution in [0.4, 0.5) is 0 Å². The smallest absolute Gasteiger partial charge is 0.146 e. The van der Waals surface area contributed by atoms with E-state index in [4.69, 9.17) is 0 Å². The molecule has 76 valence electrons. The summed E-state index contributed by atoms with van der Waals surface area (Å²) in [7, 11) is 0. The summed E-state index contributed by atoms with van der Waals surface area (Å²) in [5.74, 6) is 0.351. The lowest BCUT2D eigenvalue weighted by atomic mass is 10.1. The summed E-state index contributed by atoms with van der Waals surface area (Å²) in [4.78, 5) is 15.0. The molecule has 3 heteroatoms. The highest BCUT2D eigenvalue weighted by molar-refractivity contribution is 7.10. The Morgan fingerprint density at radius 3 is 3.29 bits per heavy atom. The number of thiophene rings is 1. The van der Waals surface area contributed by atoms with Crippen molar-refractivity contribution in [3.63, 3.8) is 0 Å². The Bertz CT molecular complexity index is 332. The Kier molecular flexibility index (Phi) is 2.99. The van der Waals surface area contributed by atoms with Crippen molar-refractivity contribution in [3.05, 3.63) is 21.9 Å². The summed E-state index contributed by atoms with van der Waals surface area (Å²) >= 11 is 1.84. The molecule has 2 heterocycles. The van der Waals surface area contributed by atoms with Crippen LogP contribution in [0.1, 0.15) is 23.8 Å². The van der Waals surface area contributed by atoms with Crippen molar-refractivity contribution in [2.45, 2.75) is 26.3 Å². The summed E-state index contributed by atoms with van der Waals surface area (Å²) < 4.78 is 0. The molecule has 2 nitrogen and oxygen atoms in total. The molecule has 0 saturated heterocycles. The fourth-order valence-electron chi connectivity index (χ4n) is 1.80. The SMILES string of the molecule is CCC(=O)CN1CCc2sccc2C1. The van der Waals surface area contributed by atoms with Crippen molar-refractivity contribution in [2.75, 3.05) is 13.1 Å². The molecule has 0 spiro atoms. The van der Waals surface area contributed by atoms with Gasteiger partial charge in [0.05, 0.1) is 6.54 Å². The predicted octanol–water partition coefficient (Wildman–Crippen LogP) is 2.09. The van der Waals surface area contributed by atoms with Crippen molar-refractivity contribution in [1.82, 2.24) is 4.90 Å². The van der Waals surface area contributed by atoms with Crippen LogP contribution in [0.25, 0.3) is 0 Å². The van der Waals surface area contributed by atoms with Gasteiger partial charge < -0.3 is 0 Å². The highest BCUT2D eigenvalue weighted by Crippen LogP contribution is 2.23. The van der Waals surface area contributed by atoms with Crippen LogP contribution < -0.4 is 0 Å². The van der Waals surface area contributed by atoms with Gasteiger partial charge in [-0.05, 0) is 23.4 Å². The lowest BCUT2D eigenvalue weighted by Crippen LogP contribution is -2.33. The van der Waals surface area contributed by atoms with Crippen molar-refractivity contribution >= 4 is 17.1 Å². The number of nitrogens with zero attached hydrogens (tertiary/aromatic N) is 1. The van der Waals surface area contributed by atoms with Crippen LogP contribution in [0.3, 0.4) is 0 Å².